The highest BCUT2D eigenvalue weighted by Gasteiger charge is 2.27. The summed E-state index contributed by atoms with van der Waals surface area (Å²) in [6.07, 6.45) is 1.43. The zero-order valence-corrected chi connectivity index (χ0v) is 14.5. The summed E-state index contributed by atoms with van der Waals surface area (Å²) in [6.45, 7) is 3.65. The Morgan fingerprint density at radius 2 is 2.08 bits per heavy atom. The average Bonchev–Trinajstić information content (AvgIpc) is 3.11. The molecule has 0 radical (unpaired) electrons. The van der Waals surface area contributed by atoms with Gasteiger partial charge in [0.05, 0.1) is 18.1 Å². The van der Waals surface area contributed by atoms with Gasteiger partial charge in [0.1, 0.15) is 0 Å². The summed E-state index contributed by atoms with van der Waals surface area (Å²) < 4.78 is 0. The molecule has 1 saturated heterocycles. The Morgan fingerprint density at radius 3 is 2.84 bits per heavy atom. The number of amides is 1. The lowest BCUT2D eigenvalue weighted by molar-refractivity contribution is -0.129. The van der Waals surface area contributed by atoms with Crippen molar-refractivity contribution in [3.63, 3.8) is 0 Å². The fraction of sp³-hybridized carbons (Fsp3) is 0.333. The molecule has 1 fully saturated rings. The molecule has 0 aromatic heterocycles. The van der Waals surface area contributed by atoms with Crippen molar-refractivity contribution in [2.45, 2.75) is 31.8 Å². The molecule has 128 valence electrons. The number of hydrogen-bond acceptors (Lipinski definition) is 3. The molecule has 25 heavy (non-hydrogen) atoms. The van der Waals surface area contributed by atoms with E-state index < -0.39 is 0 Å². The summed E-state index contributed by atoms with van der Waals surface area (Å²) in [7, 11) is 0. The molecule has 4 heteroatoms. The van der Waals surface area contributed by atoms with Crippen molar-refractivity contribution < 1.29 is 4.79 Å². The summed E-state index contributed by atoms with van der Waals surface area (Å²) in [4.78, 5) is 14.4. The Labute approximate surface area is 149 Å². The third-order valence-electron chi connectivity index (χ3n) is 4.74. The Bertz CT molecular complexity index is 766. The Morgan fingerprint density at radius 1 is 1.28 bits per heavy atom. The lowest BCUT2D eigenvalue weighted by Gasteiger charge is -2.21. The van der Waals surface area contributed by atoms with Gasteiger partial charge in [-0.1, -0.05) is 42.5 Å². The van der Waals surface area contributed by atoms with Crippen molar-refractivity contribution in [3.8, 4) is 6.07 Å². The van der Waals surface area contributed by atoms with Crippen LogP contribution < -0.4 is 5.32 Å². The molecule has 2 aromatic rings. The minimum absolute atomic E-state index is 0.155. The molecular weight excluding hydrogens is 310 g/mol. The van der Waals surface area contributed by atoms with Crippen LogP contribution in [0.3, 0.4) is 0 Å². The molecule has 3 rings (SSSR count). The third-order valence-corrected chi connectivity index (χ3v) is 4.74. The van der Waals surface area contributed by atoms with E-state index in [0.29, 0.717) is 18.0 Å². The molecule has 1 amide bonds. The van der Waals surface area contributed by atoms with Gasteiger partial charge < -0.3 is 10.2 Å². The Hall–Kier alpha value is -2.64. The van der Waals surface area contributed by atoms with Gasteiger partial charge in [0.15, 0.2) is 0 Å². The van der Waals surface area contributed by atoms with Crippen molar-refractivity contribution in [3.05, 3.63) is 71.3 Å². The van der Waals surface area contributed by atoms with E-state index in [2.05, 4.69) is 18.3 Å². The molecule has 4 nitrogen and oxygen atoms in total. The normalized spacial score (nSPS) is 17.9. The van der Waals surface area contributed by atoms with Gasteiger partial charge in [-0.05, 0) is 36.6 Å². The molecule has 0 saturated carbocycles. The van der Waals surface area contributed by atoms with Crippen LogP contribution in [0.2, 0.25) is 0 Å². The number of nitriles is 1. The van der Waals surface area contributed by atoms with Gasteiger partial charge in [0.25, 0.3) is 0 Å². The quantitative estimate of drug-likeness (QED) is 0.915. The van der Waals surface area contributed by atoms with Gasteiger partial charge in [-0.15, -0.1) is 0 Å². The summed E-state index contributed by atoms with van der Waals surface area (Å²) in [5, 5.41) is 12.6. The van der Waals surface area contributed by atoms with Gasteiger partial charge in [-0.3, -0.25) is 4.79 Å². The minimum atomic E-state index is 0.155. The van der Waals surface area contributed by atoms with Crippen molar-refractivity contribution in [1.29, 1.82) is 5.26 Å². The molecule has 1 N–H and O–H groups in total. The molecule has 2 atom stereocenters. The van der Waals surface area contributed by atoms with Crippen molar-refractivity contribution in [2.24, 2.45) is 0 Å². The van der Waals surface area contributed by atoms with E-state index in [9.17, 15) is 4.79 Å². The number of rotatable bonds is 5. The molecule has 1 aliphatic rings. The second-order valence-electron chi connectivity index (χ2n) is 6.61. The lowest BCUT2D eigenvalue weighted by atomic mass is 10.0. The van der Waals surface area contributed by atoms with Crippen LogP contribution in [0.4, 0.5) is 0 Å². The van der Waals surface area contributed by atoms with Crippen LogP contribution in [0.15, 0.2) is 54.6 Å². The first-order valence-corrected chi connectivity index (χ1v) is 8.73. The number of nitrogens with one attached hydrogen (secondary N) is 1. The Kier molecular flexibility index (Phi) is 5.47. The van der Waals surface area contributed by atoms with Gasteiger partial charge in [-0.25, -0.2) is 0 Å². The number of likely N-dealkylation sites (tertiary alicyclic amines) is 1. The molecule has 1 aliphatic heterocycles. The molecule has 0 unspecified atom stereocenters. The Balaban J connectivity index is 1.54. The largest absolute Gasteiger partial charge is 0.341 e. The van der Waals surface area contributed by atoms with Crippen molar-refractivity contribution in [2.75, 3.05) is 13.1 Å². The SMILES string of the molecule is C[C@H](N[C@H]1CCN(C(=O)Cc2ccccc2)C1)c1cccc(C#N)c1. The second kappa shape index (κ2) is 7.96. The first kappa shape index (κ1) is 17.2. The van der Waals surface area contributed by atoms with Crippen LogP contribution >= 0.6 is 0 Å². The lowest BCUT2D eigenvalue weighted by Crippen LogP contribution is -2.36. The highest BCUT2D eigenvalue weighted by Crippen LogP contribution is 2.18. The smallest absolute Gasteiger partial charge is 0.227 e. The molecule has 0 spiro atoms. The summed E-state index contributed by atoms with van der Waals surface area (Å²) in [6, 6.07) is 20.2. The summed E-state index contributed by atoms with van der Waals surface area (Å²) >= 11 is 0. The zero-order chi connectivity index (χ0) is 17.6. The monoisotopic (exact) mass is 333 g/mol. The fourth-order valence-corrected chi connectivity index (χ4v) is 3.33. The standard InChI is InChI=1S/C21H23N3O/c1-16(19-9-5-8-18(12-19)14-22)23-20-10-11-24(15-20)21(25)13-17-6-3-2-4-7-17/h2-9,12,16,20,23H,10-11,13,15H2,1H3/t16-,20-/m0/s1. The molecular formula is C21H23N3O. The van der Waals surface area contributed by atoms with Gasteiger partial charge in [0, 0.05) is 25.2 Å². The summed E-state index contributed by atoms with van der Waals surface area (Å²) in [5.74, 6) is 0.189. The van der Waals surface area contributed by atoms with E-state index in [-0.39, 0.29) is 11.9 Å². The first-order chi connectivity index (χ1) is 12.2. The van der Waals surface area contributed by atoms with E-state index in [1.54, 1.807) is 0 Å². The van der Waals surface area contributed by atoms with E-state index in [0.717, 1.165) is 30.6 Å². The average molecular weight is 333 g/mol. The van der Waals surface area contributed by atoms with E-state index in [4.69, 9.17) is 5.26 Å². The van der Waals surface area contributed by atoms with E-state index in [1.165, 1.54) is 0 Å². The zero-order valence-electron chi connectivity index (χ0n) is 14.5. The van der Waals surface area contributed by atoms with E-state index in [1.807, 2.05) is 59.5 Å². The van der Waals surface area contributed by atoms with Crippen LogP contribution in [0, 0.1) is 11.3 Å². The summed E-state index contributed by atoms with van der Waals surface area (Å²) in [5.41, 5.74) is 2.84. The van der Waals surface area contributed by atoms with Gasteiger partial charge in [-0.2, -0.15) is 5.26 Å². The predicted molar refractivity (Wildman–Crippen MR) is 97.8 cm³/mol. The topological polar surface area (TPSA) is 56.1 Å². The van der Waals surface area contributed by atoms with E-state index >= 15 is 0 Å². The minimum Gasteiger partial charge on any atom is -0.341 e. The number of nitrogens with zero attached hydrogens (tertiary/aromatic N) is 2. The van der Waals surface area contributed by atoms with Crippen LogP contribution in [-0.2, 0) is 11.2 Å². The van der Waals surface area contributed by atoms with Crippen molar-refractivity contribution >= 4 is 5.91 Å². The number of benzene rings is 2. The highest BCUT2D eigenvalue weighted by molar-refractivity contribution is 5.79. The maximum Gasteiger partial charge on any atom is 0.227 e. The van der Waals surface area contributed by atoms with Gasteiger partial charge >= 0.3 is 0 Å². The number of hydrogen-bond donors (Lipinski definition) is 1. The maximum absolute atomic E-state index is 12.5. The third kappa shape index (κ3) is 4.46. The van der Waals surface area contributed by atoms with Crippen LogP contribution in [0.25, 0.3) is 0 Å². The maximum atomic E-state index is 12.5. The number of carbonyl (C=O) groups is 1. The fourth-order valence-electron chi connectivity index (χ4n) is 3.33. The molecule has 0 bridgehead atoms. The number of carbonyl (C=O) groups excluding carboxylic acids is 1. The predicted octanol–water partition coefficient (Wildman–Crippen LogP) is 3.05. The first-order valence-electron chi connectivity index (χ1n) is 8.73. The van der Waals surface area contributed by atoms with Crippen LogP contribution in [-0.4, -0.2) is 29.9 Å². The van der Waals surface area contributed by atoms with Crippen LogP contribution in [0.5, 0.6) is 0 Å². The molecule has 0 aliphatic carbocycles. The molecule has 2 aromatic carbocycles. The van der Waals surface area contributed by atoms with Crippen molar-refractivity contribution in [1.82, 2.24) is 10.2 Å². The molecule has 1 heterocycles. The van der Waals surface area contributed by atoms with Gasteiger partial charge in [0.2, 0.25) is 5.91 Å². The van der Waals surface area contributed by atoms with Crippen LogP contribution in [0.1, 0.15) is 36.1 Å². The second-order valence-corrected chi connectivity index (χ2v) is 6.61. The highest BCUT2D eigenvalue weighted by atomic mass is 16.2.